The topological polar surface area (TPSA) is 71.3 Å². The van der Waals surface area contributed by atoms with E-state index in [1.165, 1.54) is 18.9 Å². The van der Waals surface area contributed by atoms with Crippen molar-refractivity contribution in [2.75, 3.05) is 0 Å². The lowest BCUT2D eigenvalue weighted by Crippen LogP contribution is -2.40. The van der Waals surface area contributed by atoms with Gasteiger partial charge in [-0.1, -0.05) is 0 Å². The first-order valence-corrected chi connectivity index (χ1v) is 7.61. The van der Waals surface area contributed by atoms with Gasteiger partial charge in [0.1, 0.15) is 5.76 Å². The van der Waals surface area contributed by atoms with Crippen LogP contribution in [0.1, 0.15) is 39.4 Å². The van der Waals surface area contributed by atoms with Gasteiger partial charge in [0, 0.05) is 11.6 Å². The average Bonchev–Trinajstić information content (AvgIpc) is 2.88. The van der Waals surface area contributed by atoms with Crippen LogP contribution in [0.5, 0.6) is 0 Å². The highest BCUT2D eigenvalue weighted by atomic mass is 32.2. The van der Waals surface area contributed by atoms with Gasteiger partial charge in [-0.15, -0.1) is 0 Å². The fourth-order valence-corrected chi connectivity index (χ4v) is 2.95. The van der Waals surface area contributed by atoms with Crippen LogP contribution in [-0.4, -0.2) is 20.0 Å². The molecule has 1 saturated carbocycles. The van der Waals surface area contributed by atoms with Crippen LogP contribution < -0.4 is 10.0 Å². The molecule has 1 aromatic rings. The molecule has 0 radical (unpaired) electrons. The zero-order valence-electron chi connectivity index (χ0n) is 11.0. The molecule has 1 aromatic heterocycles. The Kier molecular flexibility index (Phi) is 3.53. The van der Waals surface area contributed by atoms with Gasteiger partial charge >= 0.3 is 0 Å². The Morgan fingerprint density at radius 1 is 1.33 bits per heavy atom. The van der Waals surface area contributed by atoms with Crippen LogP contribution >= 0.6 is 0 Å². The first kappa shape index (κ1) is 13.6. The molecule has 0 bridgehead atoms. The van der Waals surface area contributed by atoms with Gasteiger partial charge in [0.15, 0.2) is 0 Å². The number of rotatable bonds is 5. The minimum atomic E-state index is -3.56. The molecular weight excluding hydrogens is 252 g/mol. The van der Waals surface area contributed by atoms with Gasteiger partial charge in [0.05, 0.1) is 6.54 Å². The zero-order valence-corrected chi connectivity index (χ0v) is 11.8. The number of sulfonamides is 1. The van der Waals surface area contributed by atoms with E-state index in [2.05, 4.69) is 10.0 Å². The maximum atomic E-state index is 12.0. The van der Waals surface area contributed by atoms with Crippen molar-refractivity contribution in [2.45, 2.75) is 56.8 Å². The quantitative estimate of drug-likeness (QED) is 0.854. The third-order valence-electron chi connectivity index (χ3n) is 2.48. The Labute approximate surface area is 108 Å². The van der Waals surface area contributed by atoms with Gasteiger partial charge in [0.2, 0.25) is 5.09 Å². The third kappa shape index (κ3) is 3.83. The Hall–Kier alpha value is -0.850. The normalized spacial score (nSPS) is 17.1. The molecule has 0 atom stereocenters. The molecule has 5 nitrogen and oxygen atoms in total. The van der Waals surface area contributed by atoms with E-state index in [0.717, 1.165) is 0 Å². The molecular formula is C12H20N2O3S. The first-order valence-electron chi connectivity index (χ1n) is 6.12. The summed E-state index contributed by atoms with van der Waals surface area (Å²) in [5.74, 6) is 0.649. The SMILES string of the molecule is CC(C)(C)NS(=O)(=O)c1ccc(CNC2CC2)o1. The molecule has 1 heterocycles. The molecule has 0 aromatic carbocycles. The Bertz CT molecular complexity index is 510. The van der Waals surface area contributed by atoms with E-state index in [0.29, 0.717) is 18.3 Å². The smallest absolute Gasteiger partial charge is 0.274 e. The minimum Gasteiger partial charge on any atom is -0.447 e. The Morgan fingerprint density at radius 2 is 2.00 bits per heavy atom. The number of hydrogen-bond donors (Lipinski definition) is 2. The molecule has 0 spiro atoms. The van der Waals surface area contributed by atoms with Gasteiger partial charge < -0.3 is 9.73 Å². The van der Waals surface area contributed by atoms with Gasteiger partial charge in [-0.3, -0.25) is 0 Å². The van der Waals surface area contributed by atoms with E-state index in [1.807, 2.05) is 0 Å². The number of furan rings is 1. The predicted molar refractivity (Wildman–Crippen MR) is 68.6 cm³/mol. The van der Waals surface area contributed by atoms with Crippen molar-refractivity contribution in [3.63, 3.8) is 0 Å². The van der Waals surface area contributed by atoms with Crippen LogP contribution in [0, 0.1) is 0 Å². The van der Waals surface area contributed by atoms with Crippen molar-refractivity contribution in [1.82, 2.24) is 10.0 Å². The van der Waals surface area contributed by atoms with Crippen LogP contribution in [0.25, 0.3) is 0 Å². The second kappa shape index (κ2) is 4.68. The Balaban J connectivity index is 2.03. The van der Waals surface area contributed by atoms with Crippen molar-refractivity contribution in [1.29, 1.82) is 0 Å². The van der Waals surface area contributed by atoms with Crippen molar-refractivity contribution in [2.24, 2.45) is 0 Å². The second-order valence-corrected chi connectivity index (χ2v) is 7.34. The lowest BCUT2D eigenvalue weighted by molar-refractivity contribution is 0.392. The van der Waals surface area contributed by atoms with Crippen LogP contribution in [0.2, 0.25) is 0 Å². The van der Waals surface area contributed by atoms with Crippen molar-refractivity contribution < 1.29 is 12.8 Å². The van der Waals surface area contributed by atoms with E-state index >= 15 is 0 Å². The van der Waals surface area contributed by atoms with Crippen LogP contribution in [-0.2, 0) is 16.6 Å². The molecule has 18 heavy (non-hydrogen) atoms. The summed E-state index contributed by atoms with van der Waals surface area (Å²) < 4.78 is 31.9. The molecule has 0 amide bonds. The molecule has 102 valence electrons. The lowest BCUT2D eigenvalue weighted by Gasteiger charge is -2.19. The highest BCUT2D eigenvalue weighted by molar-refractivity contribution is 7.89. The van der Waals surface area contributed by atoms with Gasteiger partial charge in [0.25, 0.3) is 10.0 Å². The van der Waals surface area contributed by atoms with E-state index in [4.69, 9.17) is 4.42 Å². The maximum absolute atomic E-state index is 12.0. The highest BCUT2D eigenvalue weighted by Crippen LogP contribution is 2.21. The maximum Gasteiger partial charge on any atom is 0.274 e. The van der Waals surface area contributed by atoms with Crippen LogP contribution in [0.15, 0.2) is 21.6 Å². The lowest BCUT2D eigenvalue weighted by atomic mass is 10.1. The molecule has 1 fully saturated rings. The van der Waals surface area contributed by atoms with Gasteiger partial charge in [-0.05, 0) is 45.7 Å². The molecule has 0 unspecified atom stereocenters. The van der Waals surface area contributed by atoms with E-state index in [1.54, 1.807) is 26.8 Å². The average molecular weight is 272 g/mol. The van der Waals surface area contributed by atoms with E-state index in [-0.39, 0.29) is 5.09 Å². The molecule has 2 rings (SSSR count). The minimum absolute atomic E-state index is 0.0231. The van der Waals surface area contributed by atoms with Crippen molar-refractivity contribution in [3.8, 4) is 0 Å². The molecule has 0 saturated heterocycles. The van der Waals surface area contributed by atoms with Gasteiger partial charge in [-0.2, -0.15) is 0 Å². The summed E-state index contributed by atoms with van der Waals surface area (Å²) in [6, 6.07) is 3.77. The van der Waals surface area contributed by atoms with Gasteiger partial charge in [-0.25, -0.2) is 13.1 Å². The van der Waals surface area contributed by atoms with E-state index in [9.17, 15) is 8.42 Å². The summed E-state index contributed by atoms with van der Waals surface area (Å²) in [5, 5.41) is 3.25. The molecule has 6 heteroatoms. The molecule has 2 N–H and O–H groups in total. The monoisotopic (exact) mass is 272 g/mol. The summed E-state index contributed by atoms with van der Waals surface area (Å²) in [6.07, 6.45) is 2.38. The summed E-state index contributed by atoms with van der Waals surface area (Å²) in [5.41, 5.74) is -0.516. The fourth-order valence-electron chi connectivity index (χ4n) is 1.58. The van der Waals surface area contributed by atoms with Crippen molar-refractivity contribution in [3.05, 3.63) is 17.9 Å². The summed E-state index contributed by atoms with van der Waals surface area (Å²) in [7, 11) is -3.56. The number of hydrogen-bond acceptors (Lipinski definition) is 4. The van der Waals surface area contributed by atoms with Crippen LogP contribution in [0.3, 0.4) is 0 Å². The summed E-state index contributed by atoms with van der Waals surface area (Å²) in [4.78, 5) is 0. The zero-order chi connectivity index (χ0) is 13.4. The predicted octanol–water partition coefficient (Wildman–Crippen LogP) is 1.61. The summed E-state index contributed by atoms with van der Waals surface area (Å²) in [6.45, 7) is 5.96. The molecule has 0 aliphatic heterocycles. The largest absolute Gasteiger partial charge is 0.447 e. The standard InChI is InChI=1S/C12H20N2O3S/c1-12(2,3)14-18(15,16)11-7-6-10(17-11)8-13-9-4-5-9/h6-7,9,13-14H,4-5,8H2,1-3H3. The molecule has 1 aliphatic rings. The summed E-state index contributed by atoms with van der Waals surface area (Å²) >= 11 is 0. The highest BCUT2D eigenvalue weighted by Gasteiger charge is 2.25. The third-order valence-corrected chi connectivity index (χ3v) is 4.11. The fraction of sp³-hybridized carbons (Fsp3) is 0.667. The van der Waals surface area contributed by atoms with Crippen molar-refractivity contribution >= 4 is 10.0 Å². The Morgan fingerprint density at radius 3 is 2.56 bits per heavy atom. The van der Waals surface area contributed by atoms with E-state index < -0.39 is 15.6 Å². The first-order chi connectivity index (χ1) is 8.26. The van der Waals surface area contributed by atoms with Crippen LogP contribution in [0.4, 0.5) is 0 Å². The molecule has 1 aliphatic carbocycles. The number of nitrogens with one attached hydrogen (secondary N) is 2. The second-order valence-electron chi connectivity index (χ2n) is 5.73.